The summed E-state index contributed by atoms with van der Waals surface area (Å²) in [6, 6.07) is 6.83. The van der Waals surface area contributed by atoms with Gasteiger partial charge in [-0.3, -0.25) is 4.68 Å². The van der Waals surface area contributed by atoms with Gasteiger partial charge in [0.2, 0.25) is 11.8 Å². The van der Waals surface area contributed by atoms with Gasteiger partial charge in [0, 0.05) is 23.7 Å². The number of hydrogen-bond donors (Lipinski definition) is 2. The van der Waals surface area contributed by atoms with Gasteiger partial charge in [-0.2, -0.15) is 5.10 Å². The number of carbonyl (C=O) groups excluding carboxylic acids is 1. The highest BCUT2D eigenvalue weighted by Crippen LogP contribution is 2.20. The standard InChI is InChI=1S/C16H19N7O2/c1-3-14-21-22-15(25-14)12-4-6-13(7-5-12)20-16(24)19-11(2)8-23-10-17-9-18-23/h4-7,9-11H,3,8H2,1-2H3,(H2,19,20,24)/t11-/m1/s1. The van der Waals surface area contributed by atoms with Crippen molar-refractivity contribution < 1.29 is 9.21 Å². The Kier molecular flexibility index (Phi) is 5.03. The van der Waals surface area contributed by atoms with Crippen LogP contribution in [-0.2, 0) is 13.0 Å². The molecule has 2 N–H and O–H groups in total. The second-order valence-corrected chi connectivity index (χ2v) is 5.55. The largest absolute Gasteiger partial charge is 0.421 e. The van der Waals surface area contributed by atoms with E-state index in [1.807, 2.05) is 26.0 Å². The van der Waals surface area contributed by atoms with E-state index in [-0.39, 0.29) is 12.1 Å². The minimum Gasteiger partial charge on any atom is -0.421 e. The van der Waals surface area contributed by atoms with E-state index in [0.717, 1.165) is 5.56 Å². The summed E-state index contributed by atoms with van der Waals surface area (Å²) in [6.45, 7) is 4.39. The third-order valence-corrected chi connectivity index (χ3v) is 3.46. The molecular weight excluding hydrogens is 322 g/mol. The highest BCUT2D eigenvalue weighted by Gasteiger charge is 2.10. The third kappa shape index (κ3) is 4.40. The first-order chi connectivity index (χ1) is 12.1. The second kappa shape index (κ2) is 7.56. The molecule has 0 aliphatic carbocycles. The Balaban J connectivity index is 1.54. The van der Waals surface area contributed by atoms with E-state index < -0.39 is 0 Å². The predicted molar refractivity (Wildman–Crippen MR) is 90.8 cm³/mol. The van der Waals surface area contributed by atoms with Gasteiger partial charge >= 0.3 is 6.03 Å². The van der Waals surface area contributed by atoms with Gasteiger partial charge in [0.1, 0.15) is 12.7 Å². The van der Waals surface area contributed by atoms with Crippen molar-refractivity contribution in [1.82, 2.24) is 30.3 Å². The quantitative estimate of drug-likeness (QED) is 0.710. The lowest BCUT2D eigenvalue weighted by atomic mass is 10.2. The SMILES string of the molecule is CCc1nnc(-c2ccc(NC(=O)N[C@H](C)Cn3cncn3)cc2)o1. The van der Waals surface area contributed by atoms with Crippen molar-refractivity contribution >= 4 is 11.7 Å². The zero-order valence-electron chi connectivity index (χ0n) is 14.0. The lowest BCUT2D eigenvalue weighted by Gasteiger charge is -2.14. The number of aromatic nitrogens is 5. The highest BCUT2D eigenvalue weighted by molar-refractivity contribution is 5.89. The van der Waals surface area contributed by atoms with E-state index in [4.69, 9.17) is 4.42 Å². The Morgan fingerprint density at radius 3 is 2.72 bits per heavy atom. The first kappa shape index (κ1) is 16.6. The average molecular weight is 341 g/mol. The summed E-state index contributed by atoms with van der Waals surface area (Å²) in [5.41, 5.74) is 1.47. The molecular formula is C16H19N7O2. The fourth-order valence-corrected chi connectivity index (χ4v) is 2.25. The fraction of sp³-hybridized carbons (Fsp3) is 0.312. The number of aryl methyl sites for hydroxylation is 1. The van der Waals surface area contributed by atoms with E-state index in [1.54, 1.807) is 23.1 Å². The van der Waals surface area contributed by atoms with Gasteiger partial charge in [0.25, 0.3) is 0 Å². The Labute approximate surface area is 144 Å². The molecule has 0 fully saturated rings. The van der Waals surface area contributed by atoms with Crippen LogP contribution in [0.2, 0.25) is 0 Å². The fourth-order valence-electron chi connectivity index (χ4n) is 2.25. The minimum atomic E-state index is -0.286. The van der Waals surface area contributed by atoms with Crippen LogP contribution in [0.25, 0.3) is 11.5 Å². The topological polar surface area (TPSA) is 111 Å². The van der Waals surface area contributed by atoms with Crippen LogP contribution in [-0.4, -0.2) is 37.0 Å². The van der Waals surface area contributed by atoms with Gasteiger partial charge < -0.3 is 15.1 Å². The Hall–Kier alpha value is -3.23. The van der Waals surface area contributed by atoms with E-state index >= 15 is 0 Å². The van der Waals surface area contributed by atoms with Crippen molar-refractivity contribution in [2.45, 2.75) is 32.9 Å². The first-order valence-corrected chi connectivity index (χ1v) is 7.96. The van der Waals surface area contributed by atoms with Gasteiger partial charge in [0.05, 0.1) is 6.54 Å². The lowest BCUT2D eigenvalue weighted by molar-refractivity contribution is 0.247. The third-order valence-electron chi connectivity index (χ3n) is 3.46. The second-order valence-electron chi connectivity index (χ2n) is 5.55. The molecule has 0 saturated heterocycles. The van der Waals surface area contributed by atoms with Crippen LogP contribution in [0.3, 0.4) is 0 Å². The molecule has 3 rings (SSSR count). The van der Waals surface area contributed by atoms with E-state index in [0.29, 0.717) is 30.4 Å². The van der Waals surface area contributed by atoms with Crippen molar-refractivity contribution in [1.29, 1.82) is 0 Å². The number of nitrogens with zero attached hydrogens (tertiary/aromatic N) is 5. The van der Waals surface area contributed by atoms with Gasteiger partial charge in [-0.05, 0) is 31.2 Å². The summed E-state index contributed by atoms with van der Waals surface area (Å²) < 4.78 is 7.17. The summed E-state index contributed by atoms with van der Waals surface area (Å²) in [4.78, 5) is 15.9. The maximum atomic E-state index is 12.0. The number of carbonyl (C=O) groups is 1. The van der Waals surface area contributed by atoms with Crippen LogP contribution in [0.1, 0.15) is 19.7 Å². The summed E-state index contributed by atoms with van der Waals surface area (Å²) in [6.07, 6.45) is 3.76. The first-order valence-electron chi connectivity index (χ1n) is 7.96. The molecule has 0 aliphatic rings. The number of amides is 2. The average Bonchev–Trinajstić information content (AvgIpc) is 3.26. The van der Waals surface area contributed by atoms with Gasteiger partial charge in [0.15, 0.2) is 0 Å². The maximum Gasteiger partial charge on any atom is 0.319 e. The van der Waals surface area contributed by atoms with Crippen molar-refractivity contribution in [2.75, 3.05) is 5.32 Å². The Morgan fingerprint density at radius 1 is 1.28 bits per heavy atom. The highest BCUT2D eigenvalue weighted by atomic mass is 16.4. The monoisotopic (exact) mass is 341 g/mol. The number of urea groups is 1. The lowest BCUT2D eigenvalue weighted by Crippen LogP contribution is -2.38. The molecule has 0 aliphatic heterocycles. The number of hydrogen-bond acceptors (Lipinski definition) is 6. The molecule has 2 heterocycles. The van der Waals surface area contributed by atoms with Crippen LogP contribution in [0, 0.1) is 0 Å². The smallest absolute Gasteiger partial charge is 0.319 e. The summed E-state index contributed by atoms with van der Waals surface area (Å²) >= 11 is 0. The van der Waals surface area contributed by atoms with E-state index in [2.05, 4.69) is 30.9 Å². The van der Waals surface area contributed by atoms with Gasteiger partial charge in [-0.1, -0.05) is 6.92 Å². The van der Waals surface area contributed by atoms with Gasteiger partial charge in [-0.25, -0.2) is 9.78 Å². The van der Waals surface area contributed by atoms with Crippen LogP contribution in [0.4, 0.5) is 10.5 Å². The summed E-state index contributed by atoms with van der Waals surface area (Å²) in [5.74, 6) is 1.06. The molecule has 0 radical (unpaired) electrons. The minimum absolute atomic E-state index is 0.0909. The molecule has 9 heteroatoms. The molecule has 25 heavy (non-hydrogen) atoms. The summed E-state index contributed by atoms with van der Waals surface area (Å²) in [5, 5.41) is 17.6. The van der Waals surface area contributed by atoms with Crippen molar-refractivity contribution in [3.63, 3.8) is 0 Å². The number of rotatable bonds is 6. The van der Waals surface area contributed by atoms with Crippen molar-refractivity contribution in [2.24, 2.45) is 0 Å². The van der Waals surface area contributed by atoms with Gasteiger partial charge in [-0.15, -0.1) is 10.2 Å². The van der Waals surface area contributed by atoms with Crippen molar-refractivity contribution in [3.05, 3.63) is 42.8 Å². The molecule has 0 unspecified atom stereocenters. The molecule has 0 bridgehead atoms. The van der Waals surface area contributed by atoms with Crippen molar-refractivity contribution in [3.8, 4) is 11.5 Å². The number of nitrogens with one attached hydrogen (secondary N) is 2. The molecule has 0 saturated carbocycles. The predicted octanol–water partition coefficient (Wildman–Crippen LogP) is 2.10. The van der Waals surface area contributed by atoms with Crippen LogP contribution in [0.15, 0.2) is 41.3 Å². The zero-order chi connectivity index (χ0) is 17.6. The molecule has 130 valence electrons. The molecule has 1 atom stereocenters. The van der Waals surface area contributed by atoms with Crippen LogP contribution >= 0.6 is 0 Å². The summed E-state index contributed by atoms with van der Waals surface area (Å²) in [7, 11) is 0. The molecule has 3 aromatic rings. The molecule has 1 aromatic carbocycles. The zero-order valence-corrected chi connectivity index (χ0v) is 14.0. The van der Waals surface area contributed by atoms with Crippen LogP contribution in [0.5, 0.6) is 0 Å². The molecule has 2 amide bonds. The molecule has 0 spiro atoms. The molecule has 9 nitrogen and oxygen atoms in total. The van der Waals surface area contributed by atoms with E-state index in [9.17, 15) is 4.79 Å². The van der Waals surface area contributed by atoms with E-state index in [1.165, 1.54) is 6.33 Å². The number of anilines is 1. The molecule has 2 aromatic heterocycles. The van der Waals surface area contributed by atoms with Crippen LogP contribution < -0.4 is 10.6 Å². The Bertz CT molecular complexity index is 811. The maximum absolute atomic E-state index is 12.0. The number of benzene rings is 1. The Morgan fingerprint density at radius 2 is 2.08 bits per heavy atom. The normalized spacial score (nSPS) is 11.9.